The molecule has 0 atom stereocenters. The molecule has 0 aliphatic rings. The van der Waals surface area contributed by atoms with Gasteiger partial charge in [0.25, 0.3) is 0 Å². The molecule has 0 bridgehead atoms. The zero-order valence-corrected chi connectivity index (χ0v) is 12.8. The smallest absolute Gasteiger partial charge is 0.0347 e. The second-order valence-electron chi connectivity index (χ2n) is 7.56. The standard InChI is InChI=1S/C16H34/c1-8-9-10-11-15(4,5)13-16(6,7)12-14(2)3/h14H,8-13H2,1-7H3. The van der Waals surface area contributed by atoms with Gasteiger partial charge >= 0.3 is 0 Å². The molecule has 0 heteroatoms. The van der Waals surface area contributed by atoms with Gasteiger partial charge in [-0.2, -0.15) is 0 Å². The minimum absolute atomic E-state index is 0.504. The van der Waals surface area contributed by atoms with Gasteiger partial charge in [-0.3, -0.25) is 0 Å². The van der Waals surface area contributed by atoms with Crippen LogP contribution >= 0.6 is 0 Å². The van der Waals surface area contributed by atoms with Crippen LogP contribution in [-0.4, -0.2) is 0 Å². The molecule has 16 heavy (non-hydrogen) atoms. The van der Waals surface area contributed by atoms with Gasteiger partial charge in [-0.15, -0.1) is 0 Å². The van der Waals surface area contributed by atoms with E-state index in [2.05, 4.69) is 48.5 Å². The summed E-state index contributed by atoms with van der Waals surface area (Å²) < 4.78 is 0. The van der Waals surface area contributed by atoms with Gasteiger partial charge in [-0.1, -0.05) is 67.7 Å². The molecule has 98 valence electrons. The molecule has 0 heterocycles. The Bertz CT molecular complexity index is 174. The topological polar surface area (TPSA) is 0 Å². The average Bonchev–Trinajstić information content (AvgIpc) is 1.98. The van der Waals surface area contributed by atoms with Crippen molar-refractivity contribution in [1.82, 2.24) is 0 Å². The van der Waals surface area contributed by atoms with Crippen LogP contribution in [0.3, 0.4) is 0 Å². The molecule has 0 aliphatic heterocycles. The SMILES string of the molecule is CCCCCC(C)(C)CC(C)(C)CC(C)C. The molecule has 0 nitrogen and oxygen atoms in total. The maximum atomic E-state index is 2.45. The molecule has 0 saturated heterocycles. The molecule has 0 fully saturated rings. The molecule has 0 spiro atoms. The van der Waals surface area contributed by atoms with E-state index in [1.54, 1.807) is 0 Å². The minimum Gasteiger partial charge on any atom is -0.0654 e. The minimum atomic E-state index is 0.504. The van der Waals surface area contributed by atoms with Gasteiger partial charge in [0.2, 0.25) is 0 Å². The van der Waals surface area contributed by atoms with Crippen molar-refractivity contribution in [3.8, 4) is 0 Å². The Morgan fingerprint density at radius 2 is 1.44 bits per heavy atom. The van der Waals surface area contributed by atoms with Gasteiger partial charge in [0, 0.05) is 0 Å². The fourth-order valence-corrected chi connectivity index (χ4v) is 3.41. The molecule has 0 saturated carbocycles. The molecule has 0 aromatic carbocycles. The van der Waals surface area contributed by atoms with Gasteiger partial charge in [-0.05, 0) is 36.0 Å². The van der Waals surface area contributed by atoms with Crippen LogP contribution in [0.4, 0.5) is 0 Å². The Labute approximate surface area is 104 Å². The number of unbranched alkanes of at least 4 members (excludes halogenated alkanes) is 2. The largest absolute Gasteiger partial charge is 0.0654 e. The lowest BCUT2D eigenvalue weighted by Crippen LogP contribution is -2.24. The first-order valence-electron chi connectivity index (χ1n) is 7.18. The first kappa shape index (κ1) is 16.0. The Morgan fingerprint density at radius 1 is 0.875 bits per heavy atom. The lowest BCUT2D eigenvalue weighted by Gasteiger charge is -2.36. The molecule has 0 rings (SSSR count). The normalized spacial score (nSPS) is 13.5. The third-order valence-electron chi connectivity index (χ3n) is 3.38. The zero-order chi connectivity index (χ0) is 12.8. The monoisotopic (exact) mass is 226 g/mol. The summed E-state index contributed by atoms with van der Waals surface area (Å²) in [6.07, 6.45) is 8.25. The lowest BCUT2D eigenvalue weighted by atomic mass is 9.69. The Balaban J connectivity index is 4.11. The number of hydrogen-bond acceptors (Lipinski definition) is 0. The molecule has 0 N–H and O–H groups in total. The van der Waals surface area contributed by atoms with Crippen molar-refractivity contribution >= 4 is 0 Å². The lowest BCUT2D eigenvalue weighted by molar-refractivity contribution is 0.153. The van der Waals surface area contributed by atoms with Crippen molar-refractivity contribution in [2.45, 2.75) is 87.0 Å². The summed E-state index contributed by atoms with van der Waals surface area (Å²) >= 11 is 0. The van der Waals surface area contributed by atoms with Crippen molar-refractivity contribution in [2.75, 3.05) is 0 Å². The van der Waals surface area contributed by atoms with E-state index in [-0.39, 0.29) is 0 Å². The summed E-state index contributed by atoms with van der Waals surface area (Å²) in [5.41, 5.74) is 1.03. The van der Waals surface area contributed by atoms with Crippen molar-refractivity contribution < 1.29 is 0 Å². The van der Waals surface area contributed by atoms with E-state index in [1.807, 2.05) is 0 Å². The van der Waals surface area contributed by atoms with E-state index in [9.17, 15) is 0 Å². The highest BCUT2D eigenvalue weighted by atomic mass is 14.3. The van der Waals surface area contributed by atoms with E-state index < -0.39 is 0 Å². The van der Waals surface area contributed by atoms with E-state index in [1.165, 1.54) is 38.5 Å². The van der Waals surface area contributed by atoms with Crippen molar-refractivity contribution in [2.24, 2.45) is 16.7 Å². The molecule has 0 radical (unpaired) electrons. The van der Waals surface area contributed by atoms with E-state index >= 15 is 0 Å². The van der Waals surface area contributed by atoms with Gasteiger partial charge in [0.05, 0.1) is 0 Å². The van der Waals surface area contributed by atoms with Gasteiger partial charge in [0.15, 0.2) is 0 Å². The van der Waals surface area contributed by atoms with Crippen LogP contribution in [0.15, 0.2) is 0 Å². The van der Waals surface area contributed by atoms with Crippen LogP contribution in [-0.2, 0) is 0 Å². The van der Waals surface area contributed by atoms with Crippen molar-refractivity contribution in [1.29, 1.82) is 0 Å². The van der Waals surface area contributed by atoms with Gasteiger partial charge in [-0.25, -0.2) is 0 Å². The fraction of sp³-hybridized carbons (Fsp3) is 1.00. The van der Waals surface area contributed by atoms with Crippen LogP contribution in [0.1, 0.15) is 87.0 Å². The molecule has 0 unspecified atom stereocenters. The first-order valence-corrected chi connectivity index (χ1v) is 7.18. The average molecular weight is 226 g/mol. The highest BCUT2D eigenvalue weighted by Gasteiger charge is 2.28. The quantitative estimate of drug-likeness (QED) is 0.442. The molecule has 0 aromatic heterocycles. The first-order chi connectivity index (χ1) is 7.18. The predicted molar refractivity (Wildman–Crippen MR) is 75.8 cm³/mol. The summed E-state index contributed by atoms with van der Waals surface area (Å²) in [7, 11) is 0. The van der Waals surface area contributed by atoms with E-state index in [0.717, 1.165) is 5.92 Å². The second kappa shape index (κ2) is 6.67. The zero-order valence-electron chi connectivity index (χ0n) is 12.8. The second-order valence-corrected chi connectivity index (χ2v) is 7.56. The molecular formula is C16H34. The number of rotatable bonds is 8. The molecule has 0 aromatic rings. The van der Waals surface area contributed by atoms with Crippen molar-refractivity contribution in [3.63, 3.8) is 0 Å². The number of hydrogen-bond donors (Lipinski definition) is 0. The van der Waals surface area contributed by atoms with Crippen LogP contribution < -0.4 is 0 Å². The summed E-state index contributed by atoms with van der Waals surface area (Å²) in [5.74, 6) is 0.821. The Morgan fingerprint density at radius 3 is 1.88 bits per heavy atom. The Kier molecular flexibility index (Phi) is 6.67. The van der Waals surface area contributed by atoms with Crippen LogP contribution in [0.25, 0.3) is 0 Å². The fourth-order valence-electron chi connectivity index (χ4n) is 3.41. The Hall–Kier alpha value is 0. The maximum Gasteiger partial charge on any atom is -0.0347 e. The van der Waals surface area contributed by atoms with Crippen molar-refractivity contribution in [3.05, 3.63) is 0 Å². The molecule has 0 amide bonds. The van der Waals surface area contributed by atoms with Gasteiger partial charge < -0.3 is 0 Å². The maximum absolute atomic E-state index is 2.45. The van der Waals surface area contributed by atoms with Gasteiger partial charge in [0.1, 0.15) is 0 Å². The summed E-state index contributed by atoms with van der Waals surface area (Å²) in [6.45, 7) is 16.7. The third-order valence-corrected chi connectivity index (χ3v) is 3.38. The van der Waals surface area contributed by atoms with E-state index in [0.29, 0.717) is 10.8 Å². The highest BCUT2D eigenvalue weighted by Crippen LogP contribution is 2.40. The highest BCUT2D eigenvalue weighted by molar-refractivity contribution is 4.80. The summed E-state index contributed by atoms with van der Waals surface area (Å²) in [6, 6.07) is 0. The van der Waals surface area contributed by atoms with Crippen LogP contribution in [0.5, 0.6) is 0 Å². The molecule has 0 aliphatic carbocycles. The van der Waals surface area contributed by atoms with Crippen LogP contribution in [0.2, 0.25) is 0 Å². The summed E-state index contributed by atoms with van der Waals surface area (Å²) in [4.78, 5) is 0. The third kappa shape index (κ3) is 8.19. The summed E-state index contributed by atoms with van der Waals surface area (Å²) in [5, 5.41) is 0. The molecular weight excluding hydrogens is 192 g/mol. The van der Waals surface area contributed by atoms with Crippen LogP contribution in [0, 0.1) is 16.7 Å². The predicted octanol–water partition coefficient (Wildman–Crippen LogP) is 6.06. The van der Waals surface area contributed by atoms with E-state index in [4.69, 9.17) is 0 Å².